The van der Waals surface area contributed by atoms with Crippen molar-refractivity contribution >= 4 is 12.0 Å². The predicted molar refractivity (Wildman–Crippen MR) is 67.6 cm³/mol. The first-order valence-corrected chi connectivity index (χ1v) is 6.34. The van der Waals surface area contributed by atoms with E-state index in [1.807, 2.05) is 35.7 Å². The van der Waals surface area contributed by atoms with Gasteiger partial charge in [-0.15, -0.1) is 0 Å². The van der Waals surface area contributed by atoms with Crippen LogP contribution < -0.4 is 10.6 Å². The average Bonchev–Trinajstić information content (AvgIpc) is 2.77. The van der Waals surface area contributed by atoms with Gasteiger partial charge in [0.05, 0.1) is 6.17 Å². The molecule has 20 heavy (non-hydrogen) atoms. The smallest absolute Gasteiger partial charge is 0.332 e. The fourth-order valence-electron chi connectivity index (χ4n) is 2.79. The van der Waals surface area contributed by atoms with Gasteiger partial charge in [-0.05, 0) is 23.1 Å². The molecule has 1 aromatic rings. The monoisotopic (exact) mass is 282 g/mol. The van der Waals surface area contributed by atoms with Crippen LogP contribution in [0.2, 0.25) is 0 Å². The maximum Gasteiger partial charge on any atom is 0.471 e. The minimum atomic E-state index is -4.85. The van der Waals surface area contributed by atoms with Gasteiger partial charge in [-0.3, -0.25) is 10.1 Å². The number of alkyl halides is 3. The maximum absolute atomic E-state index is 12.3. The second kappa shape index (κ2) is 4.63. The second-order valence-corrected chi connectivity index (χ2v) is 5.06. The summed E-state index contributed by atoms with van der Waals surface area (Å²) in [6.45, 7) is 0.502. The van der Waals surface area contributed by atoms with Gasteiger partial charge in [-0.1, -0.05) is 30.3 Å². The van der Waals surface area contributed by atoms with Crippen molar-refractivity contribution in [3.05, 3.63) is 41.0 Å². The van der Waals surface area contributed by atoms with Gasteiger partial charge in [0.1, 0.15) is 0 Å². The molecule has 0 spiro atoms. The van der Waals surface area contributed by atoms with E-state index in [4.69, 9.17) is 0 Å². The molecule has 0 aromatic heterocycles. The number of amides is 1. The van der Waals surface area contributed by atoms with Crippen LogP contribution in [0.1, 0.15) is 11.1 Å². The van der Waals surface area contributed by atoms with Gasteiger partial charge in [0.25, 0.3) is 0 Å². The Balaban J connectivity index is 1.79. The molecule has 2 aliphatic rings. The van der Waals surface area contributed by atoms with Crippen molar-refractivity contribution in [2.24, 2.45) is 5.92 Å². The molecule has 1 heterocycles. The number of hydrogen-bond acceptors (Lipinski definition) is 2. The molecular weight excluding hydrogens is 269 g/mol. The minimum absolute atomic E-state index is 0.115. The first-order chi connectivity index (χ1) is 9.45. The Labute approximate surface area is 113 Å². The summed E-state index contributed by atoms with van der Waals surface area (Å²) in [5, 5.41) is 4.97. The quantitative estimate of drug-likeness (QED) is 0.825. The maximum atomic E-state index is 12.3. The van der Waals surface area contributed by atoms with E-state index in [-0.39, 0.29) is 5.92 Å². The number of halogens is 3. The summed E-state index contributed by atoms with van der Waals surface area (Å²) in [5.41, 5.74) is 3.23. The normalized spacial score (nSPS) is 24.6. The molecule has 0 radical (unpaired) electrons. The van der Waals surface area contributed by atoms with E-state index in [1.165, 1.54) is 0 Å². The largest absolute Gasteiger partial charge is 0.471 e. The highest BCUT2D eigenvalue weighted by Gasteiger charge is 2.43. The first kappa shape index (κ1) is 13.2. The number of hydrogen-bond donors (Lipinski definition) is 2. The van der Waals surface area contributed by atoms with Crippen LogP contribution in [0.5, 0.6) is 0 Å². The molecule has 0 saturated carbocycles. The van der Waals surface area contributed by atoms with Crippen molar-refractivity contribution < 1.29 is 18.0 Å². The Bertz CT molecular complexity index is 580. The lowest BCUT2D eigenvalue weighted by Gasteiger charge is -2.25. The van der Waals surface area contributed by atoms with Gasteiger partial charge >= 0.3 is 12.1 Å². The van der Waals surface area contributed by atoms with Crippen molar-refractivity contribution in [1.29, 1.82) is 0 Å². The van der Waals surface area contributed by atoms with Gasteiger partial charge in [0, 0.05) is 12.5 Å². The Morgan fingerprint density at radius 2 is 2.05 bits per heavy atom. The van der Waals surface area contributed by atoms with Crippen LogP contribution >= 0.6 is 0 Å². The highest BCUT2D eigenvalue weighted by molar-refractivity contribution is 5.82. The van der Waals surface area contributed by atoms with Crippen molar-refractivity contribution in [3.63, 3.8) is 0 Å². The van der Waals surface area contributed by atoms with Crippen molar-refractivity contribution in [2.75, 3.05) is 6.54 Å². The zero-order valence-corrected chi connectivity index (χ0v) is 10.5. The molecule has 2 atom stereocenters. The van der Waals surface area contributed by atoms with E-state index in [2.05, 4.69) is 5.32 Å². The molecule has 6 heteroatoms. The third kappa shape index (κ3) is 2.31. The summed E-state index contributed by atoms with van der Waals surface area (Å²) < 4.78 is 36.9. The fraction of sp³-hybridized carbons (Fsp3) is 0.357. The number of nitrogens with one attached hydrogen (secondary N) is 2. The molecule has 1 saturated heterocycles. The molecule has 2 unspecified atom stereocenters. The highest BCUT2D eigenvalue weighted by atomic mass is 19.4. The number of carbonyl (C=O) groups excluding carboxylic acids is 1. The van der Waals surface area contributed by atoms with Gasteiger partial charge in [0.15, 0.2) is 0 Å². The molecule has 2 N–H and O–H groups in total. The Hall–Kier alpha value is -1.82. The average molecular weight is 282 g/mol. The first-order valence-electron chi connectivity index (χ1n) is 6.34. The van der Waals surface area contributed by atoms with Crippen LogP contribution in [0.3, 0.4) is 0 Å². The van der Waals surface area contributed by atoms with Crippen LogP contribution in [-0.4, -0.2) is 24.8 Å². The molecular formula is C14H13F3N2O. The summed E-state index contributed by atoms with van der Waals surface area (Å²) in [4.78, 5) is 11.0. The SMILES string of the molecule is O=C(NC1NCC2=Cc3ccccc3CC21)C(F)(F)F. The molecule has 0 bridgehead atoms. The van der Waals surface area contributed by atoms with E-state index in [9.17, 15) is 18.0 Å². The van der Waals surface area contributed by atoms with E-state index >= 15 is 0 Å². The van der Waals surface area contributed by atoms with Crippen LogP contribution in [0.4, 0.5) is 13.2 Å². The predicted octanol–water partition coefficient (Wildman–Crippen LogP) is 1.85. The number of benzene rings is 1. The lowest BCUT2D eigenvalue weighted by molar-refractivity contribution is -0.174. The van der Waals surface area contributed by atoms with Gasteiger partial charge in [-0.2, -0.15) is 13.2 Å². The fourth-order valence-corrected chi connectivity index (χ4v) is 2.79. The number of rotatable bonds is 1. The summed E-state index contributed by atoms with van der Waals surface area (Å²) in [6, 6.07) is 7.79. The summed E-state index contributed by atoms with van der Waals surface area (Å²) >= 11 is 0. The highest BCUT2D eigenvalue weighted by Crippen LogP contribution is 2.33. The zero-order chi connectivity index (χ0) is 14.3. The summed E-state index contributed by atoms with van der Waals surface area (Å²) in [7, 11) is 0. The van der Waals surface area contributed by atoms with Crippen LogP contribution in [-0.2, 0) is 11.2 Å². The molecule has 1 amide bonds. The van der Waals surface area contributed by atoms with Gasteiger partial charge in [-0.25, -0.2) is 0 Å². The van der Waals surface area contributed by atoms with Gasteiger partial charge in [0.2, 0.25) is 0 Å². The lowest BCUT2D eigenvalue weighted by atomic mass is 9.84. The number of carbonyl (C=O) groups is 1. The van der Waals surface area contributed by atoms with Gasteiger partial charge < -0.3 is 5.32 Å². The summed E-state index contributed by atoms with van der Waals surface area (Å²) in [5.74, 6) is -2.01. The van der Waals surface area contributed by atoms with E-state index < -0.39 is 18.2 Å². The molecule has 1 aliphatic heterocycles. The zero-order valence-electron chi connectivity index (χ0n) is 10.5. The Kier molecular flexibility index (Phi) is 3.05. The molecule has 1 fully saturated rings. The Morgan fingerprint density at radius 1 is 1.30 bits per heavy atom. The lowest BCUT2D eigenvalue weighted by Crippen LogP contribution is -2.50. The molecule has 1 aliphatic carbocycles. The number of fused-ring (bicyclic) bond motifs is 2. The third-order valence-electron chi connectivity index (χ3n) is 3.78. The molecule has 3 rings (SSSR count). The molecule has 1 aromatic carbocycles. The van der Waals surface area contributed by atoms with E-state index in [0.29, 0.717) is 13.0 Å². The van der Waals surface area contributed by atoms with Crippen LogP contribution in [0.25, 0.3) is 6.08 Å². The van der Waals surface area contributed by atoms with E-state index in [1.54, 1.807) is 0 Å². The van der Waals surface area contributed by atoms with Crippen molar-refractivity contribution in [3.8, 4) is 0 Å². The topological polar surface area (TPSA) is 41.1 Å². The standard InChI is InChI=1S/C14H13F3N2O/c15-14(16,17)13(20)19-12-11-6-9-4-2-1-3-8(9)5-10(11)7-18-12/h1-5,11-12,18H,6-7H2,(H,19,20). The molecule has 3 nitrogen and oxygen atoms in total. The van der Waals surface area contributed by atoms with Crippen LogP contribution in [0, 0.1) is 5.92 Å². The summed E-state index contributed by atoms with van der Waals surface area (Å²) in [6.07, 6.45) is -2.88. The Morgan fingerprint density at radius 3 is 2.80 bits per heavy atom. The van der Waals surface area contributed by atoms with Crippen LogP contribution in [0.15, 0.2) is 29.8 Å². The van der Waals surface area contributed by atoms with Crippen molar-refractivity contribution in [1.82, 2.24) is 10.6 Å². The second-order valence-electron chi connectivity index (χ2n) is 5.06. The van der Waals surface area contributed by atoms with E-state index in [0.717, 1.165) is 16.7 Å². The van der Waals surface area contributed by atoms with Crippen molar-refractivity contribution in [2.45, 2.75) is 18.8 Å². The third-order valence-corrected chi connectivity index (χ3v) is 3.78. The molecule has 106 valence electrons. The minimum Gasteiger partial charge on any atom is -0.332 e.